The van der Waals surface area contributed by atoms with Crippen LogP contribution in [0.5, 0.6) is 0 Å². The molecule has 6 heteroatoms. The van der Waals surface area contributed by atoms with Crippen molar-refractivity contribution >= 4 is 23.2 Å². The highest BCUT2D eigenvalue weighted by atomic mass is 35.5. The number of allylic oxidation sites excluding steroid dienone is 6. The smallest absolute Gasteiger partial charge is 0.265 e. The van der Waals surface area contributed by atoms with Crippen LogP contribution in [0, 0.1) is 0 Å². The van der Waals surface area contributed by atoms with E-state index in [1.165, 1.54) is 0 Å². The Morgan fingerprint density at radius 3 is 2.90 bits per heavy atom. The Balaban J connectivity index is 1.52. The second kappa shape index (κ2) is 9.18. The summed E-state index contributed by atoms with van der Waals surface area (Å²) in [4.78, 5) is 14.3. The number of anilines is 1. The SMILES string of the molecule is O=C1COC2=C(C=CC(Nc3cccc(CF)c3)C=C2)N1CC1=CCC=C(Cl)C=C1. The quantitative estimate of drug-likeness (QED) is 0.711. The van der Waals surface area contributed by atoms with Crippen molar-refractivity contribution in [1.29, 1.82) is 0 Å². The summed E-state index contributed by atoms with van der Waals surface area (Å²) in [6.07, 6.45) is 16.2. The molecule has 1 atom stereocenters. The number of hydrogen-bond donors (Lipinski definition) is 1. The molecule has 0 spiro atoms. The van der Waals surface area contributed by atoms with Gasteiger partial charge in [0, 0.05) is 10.7 Å². The van der Waals surface area contributed by atoms with Crippen molar-refractivity contribution in [3.05, 3.63) is 100 Å². The highest BCUT2D eigenvalue weighted by Crippen LogP contribution is 2.26. The van der Waals surface area contributed by atoms with E-state index < -0.39 is 6.67 Å². The Morgan fingerprint density at radius 1 is 1.17 bits per heavy atom. The van der Waals surface area contributed by atoms with Crippen LogP contribution in [0.1, 0.15) is 12.0 Å². The summed E-state index contributed by atoms with van der Waals surface area (Å²) in [5, 5.41) is 4.05. The minimum Gasteiger partial charge on any atom is -0.482 e. The average molecular weight is 425 g/mol. The number of carbonyl (C=O) groups excluding carboxylic acids is 1. The van der Waals surface area contributed by atoms with E-state index in [2.05, 4.69) is 11.4 Å². The number of nitrogens with one attached hydrogen (secondary N) is 1. The summed E-state index contributed by atoms with van der Waals surface area (Å²) >= 11 is 6.07. The molecule has 4 nitrogen and oxygen atoms in total. The number of ether oxygens (including phenoxy) is 1. The van der Waals surface area contributed by atoms with Crippen LogP contribution in [0.25, 0.3) is 0 Å². The predicted octanol–water partition coefficient (Wildman–Crippen LogP) is 5.14. The van der Waals surface area contributed by atoms with Crippen LogP contribution in [0.2, 0.25) is 0 Å². The minimum atomic E-state index is -0.502. The second-order valence-corrected chi connectivity index (χ2v) is 7.61. The van der Waals surface area contributed by atoms with Gasteiger partial charge in [0.05, 0.1) is 18.3 Å². The van der Waals surface area contributed by atoms with Crippen molar-refractivity contribution in [2.75, 3.05) is 18.5 Å². The maximum Gasteiger partial charge on any atom is 0.265 e. The van der Waals surface area contributed by atoms with Gasteiger partial charge in [-0.15, -0.1) is 0 Å². The van der Waals surface area contributed by atoms with Gasteiger partial charge in [0.25, 0.3) is 5.91 Å². The molecule has 0 fully saturated rings. The summed E-state index contributed by atoms with van der Waals surface area (Å²) in [7, 11) is 0. The molecular formula is C24H22ClFN2O2. The van der Waals surface area contributed by atoms with E-state index in [4.69, 9.17) is 16.3 Å². The van der Waals surface area contributed by atoms with Crippen molar-refractivity contribution in [2.45, 2.75) is 19.1 Å². The molecule has 0 aromatic heterocycles. The zero-order valence-corrected chi connectivity index (χ0v) is 17.1. The molecule has 1 N–H and O–H groups in total. The number of benzene rings is 1. The summed E-state index contributed by atoms with van der Waals surface area (Å²) in [5.41, 5.74) is 3.19. The third kappa shape index (κ3) is 4.74. The Kier molecular flexibility index (Phi) is 6.19. The lowest BCUT2D eigenvalue weighted by Gasteiger charge is -2.30. The topological polar surface area (TPSA) is 41.6 Å². The Morgan fingerprint density at radius 2 is 2.03 bits per heavy atom. The van der Waals surface area contributed by atoms with Crippen molar-refractivity contribution < 1.29 is 13.9 Å². The molecule has 1 unspecified atom stereocenters. The average Bonchev–Trinajstić information content (AvgIpc) is 3.09. The molecule has 3 aliphatic rings. The van der Waals surface area contributed by atoms with Crippen LogP contribution >= 0.6 is 11.6 Å². The second-order valence-electron chi connectivity index (χ2n) is 7.18. The zero-order chi connectivity index (χ0) is 20.9. The molecule has 0 saturated heterocycles. The molecule has 1 amide bonds. The fourth-order valence-electron chi connectivity index (χ4n) is 3.47. The molecule has 0 bridgehead atoms. The standard InChI is InChI=1S/C24H22ClFN2O2/c25-19-5-1-3-17(7-8-19)15-28-22-11-9-20(10-12-23(22)30-16-24(28)29)27-21-6-2-4-18(13-21)14-26/h2-13,20,27H,1,14-16H2. The summed E-state index contributed by atoms with van der Waals surface area (Å²) in [6, 6.07) is 7.14. The number of hydrogen-bond acceptors (Lipinski definition) is 3. The van der Waals surface area contributed by atoms with Gasteiger partial charge in [0.15, 0.2) is 6.61 Å². The molecule has 1 aromatic rings. The third-order valence-electron chi connectivity index (χ3n) is 5.02. The van der Waals surface area contributed by atoms with E-state index in [-0.39, 0.29) is 18.6 Å². The van der Waals surface area contributed by atoms with Crippen molar-refractivity contribution in [3.63, 3.8) is 0 Å². The van der Waals surface area contributed by atoms with Crippen molar-refractivity contribution in [1.82, 2.24) is 4.90 Å². The van der Waals surface area contributed by atoms with Gasteiger partial charge in [0.2, 0.25) is 0 Å². The van der Waals surface area contributed by atoms with Gasteiger partial charge >= 0.3 is 0 Å². The Bertz CT molecular complexity index is 1020. The normalized spacial score (nSPS) is 20.8. The van der Waals surface area contributed by atoms with Crippen LogP contribution in [0.4, 0.5) is 10.1 Å². The molecule has 1 heterocycles. The number of halogens is 2. The summed E-state index contributed by atoms with van der Waals surface area (Å²) < 4.78 is 18.6. The molecule has 2 aliphatic carbocycles. The van der Waals surface area contributed by atoms with Crippen LogP contribution in [0.3, 0.4) is 0 Å². The van der Waals surface area contributed by atoms with Gasteiger partial charge in [-0.25, -0.2) is 4.39 Å². The molecule has 30 heavy (non-hydrogen) atoms. The largest absolute Gasteiger partial charge is 0.482 e. The molecule has 1 aliphatic heterocycles. The zero-order valence-electron chi connectivity index (χ0n) is 16.4. The van der Waals surface area contributed by atoms with E-state index in [1.807, 2.05) is 54.7 Å². The van der Waals surface area contributed by atoms with E-state index in [1.54, 1.807) is 17.0 Å². The highest BCUT2D eigenvalue weighted by Gasteiger charge is 2.27. The van der Waals surface area contributed by atoms with Gasteiger partial charge in [-0.1, -0.05) is 54.1 Å². The van der Waals surface area contributed by atoms with Gasteiger partial charge < -0.3 is 15.0 Å². The molecule has 0 radical (unpaired) electrons. The highest BCUT2D eigenvalue weighted by molar-refractivity contribution is 6.31. The number of nitrogens with zero attached hydrogens (tertiary/aromatic N) is 1. The first-order valence-electron chi connectivity index (χ1n) is 9.80. The van der Waals surface area contributed by atoms with E-state index >= 15 is 0 Å². The molecular weight excluding hydrogens is 403 g/mol. The first kappa shape index (κ1) is 20.2. The van der Waals surface area contributed by atoms with Crippen LogP contribution in [-0.2, 0) is 16.2 Å². The van der Waals surface area contributed by atoms with E-state index in [0.29, 0.717) is 22.9 Å². The van der Waals surface area contributed by atoms with Crippen LogP contribution in [0.15, 0.2) is 94.9 Å². The van der Waals surface area contributed by atoms with Gasteiger partial charge in [-0.05, 0) is 47.9 Å². The molecule has 4 rings (SSSR count). The molecule has 1 aromatic carbocycles. The fourth-order valence-corrected chi connectivity index (χ4v) is 3.62. The van der Waals surface area contributed by atoms with Crippen molar-refractivity contribution in [3.8, 4) is 0 Å². The Hall–Kier alpha value is -3.05. The lowest BCUT2D eigenvalue weighted by atomic mass is 10.1. The van der Waals surface area contributed by atoms with E-state index in [0.717, 1.165) is 23.4 Å². The van der Waals surface area contributed by atoms with Gasteiger partial charge in [-0.2, -0.15) is 0 Å². The lowest BCUT2D eigenvalue weighted by molar-refractivity contribution is -0.134. The first-order valence-corrected chi connectivity index (χ1v) is 10.2. The number of carbonyl (C=O) groups is 1. The monoisotopic (exact) mass is 424 g/mol. The van der Waals surface area contributed by atoms with Crippen LogP contribution in [-0.4, -0.2) is 30.0 Å². The first-order chi connectivity index (χ1) is 14.6. The Labute approximate surface area is 180 Å². The fraction of sp³-hybridized carbons (Fsp3) is 0.208. The molecule has 0 saturated carbocycles. The third-order valence-corrected chi connectivity index (χ3v) is 5.30. The predicted molar refractivity (Wildman–Crippen MR) is 117 cm³/mol. The van der Waals surface area contributed by atoms with Crippen LogP contribution < -0.4 is 5.32 Å². The minimum absolute atomic E-state index is 0.00363. The summed E-state index contributed by atoms with van der Waals surface area (Å²) in [5.74, 6) is 0.563. The van der Waals surface area contributed by atoms with E-state index in [9.17, 15) is 9.18 Å². The maximum absolute atomic E-state index is 12.9. The lowest BCUT2D eigenvalue weighted by Crippen LogP contribution is -2.38. The van der Waals surface area contributed by atoms with Gasteiger partial charge in [-0.3, -0.25) is 4.79 Å². The number of alkyl halides is 1. The van der Waals surface area contributed by atoms with Crippen molar-refractivity contribution in [2.24, 2.45) is 0 Å². The number of rotatable bonds is 5. The maximum atomic E-state index is 12.9. The molecule has 154 valence electrons. The van der Waals surface area contributed by atoms with Gasteiger partial charge in [0.1, 0.15) is 12.4 Å². The number of amides is 1. The summed E-state index contributed by atoms with van der Waals surface area (Å²) in [6.45, 7) is -0.0499.